The van der Waals surface area contributed by atoms with Crippen LogP contribution in [0.3, 0.4) is 0 Å². The standard InChI is InChI=1S/C42H68NO3PS/c1-29(2)46-36-26-20-25-33(39(36)47(31-21-16-14-17-22-31)32-23-18-15-19-24-32)37(43(12)48(44)42(9,10)11)30-27-34(40(3,4)5)38(45-13)35(28-30)41(6,7)8/h20,25-29,31-32,37H,14-19,21-24H2,1-13H3/t37-,48?/m0/s1. The zero-order chi connectivity index (χ0) is 35.6. The first-order valence-corrected chi connectivity index (χ1v) is 21.4. The minimum atomic E-state index is -1.26. The maximum Gasteiger partial charge on any atom is 0.127 e. The molecule has 0 aliphatic heterocycles. The Labute approximate surface area is 298 Å². The molecule has 2 atom stereocenters. The number of hydrogen-bond donors (Lipinski definition) is 0. The summed E-state index contributed by atoms with van der Waals surface area (Å²) in [5, 5.41) is 1.45. The molecule has 0 amide bonds. The van der Waals surface area contributed by atoms with Crippen LogP contribution < -0.4 is 14.8 Å². The fraction of sp³-hybridized carbons (Fsp3) is 0.714. The van der Waals surface area contributed by atoms with Crippen molar-refractivity contribution in [2.24, 2.45) is 0 Å². The van der Waals surface area contributed by atoms with Crippen molar-refractivity contribution in [1.29, 1.82) is 0 Å². The number of methoxy groups -OCH3 is 1. The summed E-state index contributed by atoms with van der Waals surface area (Å²) in [5.74, 6) is 2.03. The van der Waals surface area contributed by atoms with Gasteiger partial charge in [0.25, 0.3) is 0 Å². The van der Waals surface area contributed by atoms with E-state index in [0.717, 1.165) is 11.5 Å². The third-order valence-corrected chi connectivity index (χ3v) is 15.7. The highest BCUT2D eigenvalue weighted by molar-refractivity contribution is 7.84. The fourth-order valence-corrected chi connectivity index (χ4v) is 13.4. The third kappa shape index (κ3) is 9.08. The summed E-state index contributed by atoms with van der Waals surface area (Å²) in [5.41, 5.74) is 6.01. The van der Waals surface area contributed by atoms with E-state index in [1.54, 1.807) is 0 Å². The Kier molecular flexibility index (Phi) is 13.0. The van der Waals surface area contributed by atoms with Crippen LogP contribution in [-0.2, 0) is 21.8 Å². The number of ether oxygens (including phenoxy) is 2. The predicted octanol–water partition coefficient (Wildman–Crippen LogP) is 11.3. The number of nitrogens with zero attached hydrogens (tertiary/aromatic N) is 1. The van der Waals surface area contributed by atoms with Gasteiger partial charge in [-0.2, -0.15) is 0 Å². The molecular formula is C42H68NO3PS. The highest BCUT2D eigenvalue weighted by atomic mass is 32.2. The Balaban J connectivity index is 2.13. The molecule has 2 aromatic rings. The Morgan fingerprint density at radius 2 is 1.27 bits per heavy atom. The van der Waals surface area contributed by atoms with Crippen LogP contribution in [0.15, 0.2) is 30.3 Å². The van der Waals surface area contributed by atoms with Crippen LogP contribution in [0.1, 0.15) is 169 Å². The van der Waals surface area contributed by atoms with Crippen LogP contribution in [0.5, 0.6) is 11.5 Å². The Morgan fingerprint density at radius 1 is 0.792 bits per heavy atom. The molecule has 4 nitrogen and oxygen atoms in total. The SMILES string of the molecule is COc1c(C(C)(C)C)cc([C@@H](c2cccc(OC(C)C)c2P(C2CCCCC2)C2CCCCC2)N(C)S(=O)C(C)(C)C)cc1C(C)(C)C. The van der Waals surface area contributed by atoms with Gasteiger partial charge in [0.15, 0.2) is 0 Å². The molecule has 6 heteroatoms. The van der Waals surface area contributed by atoms with E-state index in [1.807, 2.05) is 7.11 Å². The summed E-state index contributed by atoms with van der Waals surface area (Å²) >= 11 is 0. The summed E-state index contributed by atoms with van der Waals surface area (Å²) < 4.78 is 29.4. The monoisotopic (exact) mass is 697 g/mol. The van der Waals surface area contributed by atoms with Crippen LogP contribution >= 0.6 is 7.92 Å². The number of benzene rings is 2. The van der Waals surface area contributed by atoms with Gasteiger partial charge in [0, 0.05) is 23.5 Å². The van der Waals surface area contributed by atoms with Gasteiger partial charge in [-0.15, -0.1) is 0 Å². The summed E-state index contributed by atoms with van der Waals surface area (Å²) in [4.78, 5) is 0. The van der Waals surface area contributed by atoms with E-state index in [1.165, 1.54) is 91.8 Å². The van der Waals surface area contributed by atoms with E-state index in [2.05, 4.69) is 118 Å². The van der Waals surface area contributed by atoms with E-state index >= 15 is 0 Å². The highest BCUT2D eigenvalue weighted by Gasteiger charge is 2.40. The zero-order valence-corrected chi connectivity index (χ0v) is 34.5. The van der Waals surface area contributed by atoms with Crippen molar-refractivity contribution < 1.29 is 13.7 Å². The predicted molar refractivity (Wildman–Crippen MR) is 210 cm³/mol. The summed E-state index contributed by atoms with van der Waals surface area (Å²) in [6, 6.07) is 11.3. The lowest BCUT2D eigenvalue weighted by Crippen LogP contribution is -2.40. The first-order valence-electron chi connectivity index (χ1n) is 18.8. The maximum atomic E-state index is 14.6. The average Bonchev–Trinajstić information content (AvgIpc) is 3.01. The molecule has 2 aromatic carbocycles. The third-order valence-electron chi connectivity index (χ3n) is 10.3. The second-order valence-corrected chi connectivity index (χ2v) is 22.8. The van der Waals surface area contributed by atoms with Gasteiger partial charge in [-0.3, -0.25) is 0 Å². The fourth-order valence-electron chi connectivity index (χ4n) is 8.02. The molecule has 2 fully saturated rings. The molecular weight excluding hydrogens is 630 g/mol. The lowest BCUT2D eigenvalue weighted by Gasteiger charge is -2.42. The topological polar surface area (TPSA) is 38.8 Å². The molecule has 0 bridgehead atoms. The molecule has 2 aliphatic rings. The second-order valence-electron chi connectivity index (χ2n) is 17.8. The van der Waals surface area contributed by atoms with E-state index in [0.29, 0.717) is 11.3 Å². The van der Waals surface area contributed by atoms with Gasteiger partial charge in [0.05, 0.1) is 24.0 Å². The van der Waals surface area contributed by atoms with Crippen molar-refractivity contribution in [3.8, 4) is 11.5 Å². The smallest absolute Gasteiger partial charge is 0.127 e. The Hall–Kier alpha value is -1.42. The van der Waals surface area contributed by atoms with E-state index < -0.39 is 23.7 Å². The van der Waals surface area contributed by atoms with Crippen LogP contribution in [-0.4, -0.2) is 44.8 Å². The average molecular weight is 698 g/mol. The van der Waals surface area contributed by atoms with Crippen molar-refractivity contribution in [1.82, 2.24) is 4.31 Å². The quantitative estimate of drug-likeness (QED) is 0.232. The van der Waals surface area contributed by atoms with Gasteiger partial charge >= 0.3 is 0 Å². The zero-order valence-electron chi connectivity index (χ0n) is 32.8. The summed E-state index contributed by atoms with van der Waals surface area (Å²) in [6.45, 7) is 24.3. The van der Waals surface area contributed by atoms with Gasteiger partial charge in [-0.1, -0.05) is 100 Å². The lowest BCUT2D eigenvalue weighted by atomic mass is 9.77. The molecule has 0 spiro atoms. The van der Waals surface area contributed by atoms with Gasteiger partial charge < -0.3 is 9.47 Å². The normalized spacial score (nSPS) is 18.8. The summed E-state index contributed by atoms with van der Waals surface area (Å²) in [6.07, 6.45) is 13.4. The molecule has 2 saturated carbocycles. The largest absolute Gasteiger partial charge is 0.496 e. The molecule has 1 unspecified atom stereocenters. The first-order chi connectivity index (χ1) is 22.4. The van der Waals surface area contributed by atoms with Gasteiger partial charge in [-0.25, -0.2) is 8.51 Å². The molecule has 0 saturated heterocycles. The van der Waals surface area contributed by atoms with Crippen LogP contribution in [0, 0.1) is 0 Å². The van der Waals surface area contributed by atoms with E-state index in [9.17, 15) is 4.21 Å². The number of hydrogen-bond acceptors (Lipinski definition) is 3. The molecule has 270 valence electrons. The van der Waals surface area contributed by atoms with Crippen molar-refractivity contribution in [2.45, 2.75) is 179 Å². The molecule has 4 rings (SSSR count). The van der Waals surface area contributed by atoms with E-state index in [4.69, 9.17) is 9.47 Å². The van der Waals surface area contributed by atoms with Crippen molar-refractivity contribution in [3.63, 3.8) is 0 Å². The minimum absolute atomic E-state index is 0.0782. The van der Waals surface area contributed by atoms with Crippen LogP contribution in [0.4, 0.5) is 0 Å². The molecule has 0 heterocycles. The van der Waals surface area contributed by atoms with E-state index in [-0.39, 0.29) is 23.0 Å². The number of rotatable bonds is 10. The molecule has 0 radical (unpaired) electrons. The van der Waals surface area contributed by atoms with Gasteiger partial charge in [0.1, 0.15) is 22.5 Å². The Morgan fingerprint density at radius 3 is 1.67 bits per heavy atom. The molecule has 2 aliphatic carbocycles. The molecule has 48 heavy (non-hydrogen) atoms. The van der Waals surface area contributed by atoms with Crippen LogP contribution in [0.2, 0.25) is 0 Å². The summed E-state index contributed by atoms with van der Waals surface area (Å²) in [7, 11) is 2.14. The van der Waals surface area contributed by atoms with Crippen LogP contribution in [0.25, 0.3) is 0 Å². The maximum absolute atomic E-state index is 14.6. The van der Waals surface area contributed by atoms with Gasteiger partial charge in [-0.05, 0) is 112 Å². The highest BCUT2D eigenvalue weighted by Crippen LogP contribution is 2.58. The lowest BCUT2D eigenvalue weighted by molar-refractivity contribution is 0.244. The van der Waals surface area contributed by atoms with Crippen molar-refractivity contribution in [2.75, 3.05) is 14.2 Å². The minimum Gasteiger partial charge on any atom is -0.496 e. The molecule has 0 aromatic heterocycles. The Bertz CT molecular complexity index is 1330. The van der Waals surface area contributed by atoms with Gasteiger partial charge in [0.2, 0.25) is 0 Å². The first kappa shape index (κ1) is 39.4. The molecule has 0 N–H and O–H groups in total. The second kappa shape index (κ2) is 15.9. The van der Waals surface area contributed by atoms with Crippen molar-refractivity contribution >= 4 is 24.2 Å². The van der Waals surface area contributed by atoms with Crippen molar-refractivity contribution in [3.05, 3.63) is 52.6 Å².